The van der Waals surface area contributed by atoms with Crippen molar-refractivity contribution in [3.63, 3.8) is 0 Å². The van der Waals surface area contributed by atoms with E-state index in [4.69, 9.17) is 13.0 Å². The summed E-state index contributed by atoms with van der Waals surface area (Å²) in [7, 11) is 0. The molecule has 6 nitrogen and oxygen atoms in total. The summed E-state index contributed by atoms with van der Waals surface area (Å²) in [6, 6.07) is 0. The molecule has 10 atom stereocenters. The molecular weight excluding hydrogens is 491 g/mol. The van der Waals surface area contributed by atoms with Crippen molar-refractivity contribution < 1.29 is 67.4 Å². The number of aliphatic hydroxyl groups is 2. The number of allylic oxidation sites excluding steroid dienone is 2. The predicted octanol–water partition coefficient (Wildman–Crippen LogP) is 1.34. The monoisotopic (exact) mass is 544 g/mol. The maximum absolute atomic E-state index is 12.7. The number of hydrogen-bond acceptors (Lipinski definition) is 6. The zero-order chi connectivity index (χ0) is 32.5. The van der Waals surface area contributed by atoms with Gasteiger partial charge in [-0.1, -0.05) is 39.3 Å². The Morgan fingerprint density at radius 1 is 1.13 bits per heavy atom. The molecule has 0 bridgehead atoms. The van der Waals surface area contributed by atoms with Crippen molar-refractivity contribution >= 4 is 11.9 Å². The normalized spacial score (nSPS) is 48.0. The molecule has 38 heavy (non-hydrogen) atoms. The van der Waals surface area contributed by atoms with Gasteiger partial charge in [-0.05, 0) is 116 Å². The van der Waals surface area contributed by atoms with Crippen molar-refractivity contribution in [3.8, 4) is 0 Å². The summed E-state index contributed by atoms with van der Waals surface area (Å²) in [5.41, 5.74) is -1.68. The number of rotatable bonds is 5. The topological polar surface area (TPSA) is 107 Å². The van der Waals surface area contributed by atoms with E-state index >= 15 is 0 Å². The van der Waals surface area contributed by atoms with Gasteiger partial charge < -0.3 is 24.9 Å². The van der Waals surface area contributed by atoms with E-state index in [1.54, 1.807) is 0 Å². The van der Waals surface area contributed by atoms with Gasteiger partial charge in [0, 0.05) is 15.1 Å². The van der Waals surface area contributed by atoms with Crippen LogP contribution in [0.4, 0.5) is 0 Å². The van der Waals surface area contributed by atoms with E-state index in [-0.39, 0.29) is 83.7 Å². The molecule has 4 aliphatic carbocycles. The number of fused-ring (bicyclic) bond motifs is 5. The van der Waals surface area contributed by atoms with E-state index in [2.05, 4.69) is 27.7 Å². The zero-order valence-electron chi connectivity index (χ0n) is 29.8. The standard InChI is InChI=1S/C31H48O6.Na/c1-17(2)9-8-10-20(28(35)36)26-22-15-24(34)27-29(5)13-12-23(33)18(3)21(29)11-14-30(27,6)31(22,7)16-25(26)37-19(4)32;/h9,18,21-25,27,33-34H,8,10-16H2,1-7H3,(H,35,36);/q;+1/p-1/b26-20+;/t18-,21?,22+,23+,24+,25-,27+,29-,30-,31-;/m0./s1/i1D3,2D3;. The van der Waals surface area contributed by atoms with Gasteiger partial charge in [0.2, 0.25) is 0 Å². The van der Waals surface area contributed by atoms with Crippen LogP contribution < -0.4 is 34.7 Å². The molecule has 0 aromatic carbocycles. The third-order valence-corrected chi connectivity index (χ3v) is 11.4. The third kappa shape index (κ3) is 5.00. The summed E-state index contributed by atoms with van der Waals surface area (Å²) in [6.07, 6.45) is 2.39. The van der Waals surface area contributed by atoms with E-state index in [9.17, 15) is 24.9 Å². The van der Waals surface area contributed by atoms with Crippen molar-refractivity contribution in [2.75, 3.05) is 0 Å². The number of carboxylic acids is 1. The average Bonchev–Trinajstić information content (AvgIpc) is 3.11. The van der Waals surface area contributed by atoms with Crippen molar-refractivity contribution in [2.24, 2.45) is 39.9 Å². The van der Waals surface area contributed by atoms with E-state index in [0.717, 1.165) is 25.3 Å². The molecule has 0 saturated heterocycles. The fourth-order valence-corrected chi connectivity index (χ4v) is 9.63. The van der Waals surface area contributed by atoms with Gasteiger partial charge in [0.1, 0.15) is 6.10 Å². The molecule has 4 saturated carbocycles. The van der Waals surface area contributed by atoms with Crippen LogP contribution in [0.1, 0.15) is 108 Å². The van der Waals surface area contributed by atoms with Gasteiger partial charge in [-0.2, -0.15) is 0 Å². The molecule has 1 unspecified atom stereocenters. The molecule has 4 rings (SSSR count). The minimum Gasteiger partial charge on any atom is -0.545 e. The fourth-order valence-electron chi connectivity index (χ4n) is 9.63. The largest absolute Gasteiger partial charge is 1.00 e. The molecule has 0 aromatic heterocycles. The Morgan fingerprint density at radius 2 is 1.82 bits per heavy atom. The van der Waals surface area contributed by atoms with Crippen LogP contribution in [0.15, 0.2) is 22.8 Å². The van der Waals surface area contributed by atoms with E-state index in [1.807, 2.05) is 0 Å². The number of esters is 1. The first-order valence-corrected chi connectivity index (χ1v) is 13.8. The smallest absolute Gasteiger partial charge is 0.545 e. The maximum atomic E-state index is 12.7. The second kappa shape index (κ2) is 11.3. The number of ether oxygens (including phenoxy) is 1. The molecule has 0 aromatic rings. The number of aliphatic carboxylic acids is 1. The number of carbonyl (C=O) groups is 2. The van der Waals surface area contributed by atoms with Crippen LogP contribution in [-0.4, -0.2) is 40.5 Å². The van der Waals surface area contributed by atoms with Gasteiger partial charge in [-0.25, -0.2) is 0 Å². The SMILES string of the molecule is [2H]C([2H])([2H])C(=CCC/C(C(=O)[O-])=C1\[C@@H](OC(C)=O)C[C@@]2(C)[C@@H]1C[C@@H](O)[C@@H]1[C@@]3(C)CC[C@@H](O)[C@@H](C)C3CC[C@@]12C)C([2H])([2H])[2H].[Na+]. The van der Waals surface area contributed by atoms with E-state index < -0.39 is 60.2 Å². The molecule has 0 heterocycles. The fraction of sp³-hybridized carbons (Fsp3) is 0.806. The molecule has 2 N–H and O–H groups in total. The van der Waals surface area contributed by atoms with Gasteiger partial charge in [0.05, 0.1) is 18.2 Å². The van der Waals surface area contributed by atoms with Crippen LogP contribution >= 0.6 is 0 Å². The minimum absolute atomic E-state index is 0. The van der Waals surface area contributed by atoms with E-state index in [1.165, 1.54) is 6.92 Å². The van der Waals surface area contributed by atoms with Crippen LogP contribution in [0.25, 0.3) is 0 Å². The number of carbonyl (C=O) groups excluding carboxylic acids is 2. The van der Waals surface area contributed by atoms with Crippen LogP contribution in [0.5, 0.6) is 0 Å². The minimum atomic E-state index is -2.87. The van der Waals surface area contributed by atoms with Gasteiger partial charge in [0.25, 0.3) is 0 Å². The Balaban J connectivity index is 0.00000529. The first-order chi connectivity index (χ1) is 19.6. The molecule has 0 aliphatic heterocycles. The van der Waals surface area contributed by atoms with Gasteiger partial charge >= 0.3 is 35.5 Å². The Bertz CT molecular complexity index is 1180. The van der Waals surface area contributed by atoms with E-state index in [0.29, 0.717) is 18.4 Å². The quantitative estimate of drug-likeness (QED) is 0.234. The molecule has 0 spiro atoms. The number of carboxylic acid groups (broad SMARTS) is 1. The van der Waals surface area contributed by atoms with Crippen molar-refractivity contribution in [1.29, 1.82) is 0 Å². The molecule has 4 aliphatic rings. The second-order valence-electron chi connectivity index (χ2n) is 13.0. The summed E-state index contributed by atoms with van der Waals surface area (Å²) in [5.74, 6) is -2.27. The number of aliphatic hydroxyl groups excluding tert-OH is 2. The Kier molecular flexibility index (Phi) is 7.14. The van der Waals surface area contributed by atoms with Crippen LogP contribution in [0, 0.1) is 39.9 Å². The summed E-state index contributed by atoms with van der Waals surface area (Å²) in [4.78, 5) is 25.0. The maximum Gasteiger partial charge on any atom is 1.00 e. The summed E-state index contributed by atoms with van der Waals surface area (Å²) < 4.78 is 51.6. The van der Waals surface area contributed by atoms with Crippen molar-refractivity contribution in [1.82, 2.24) is 0 Å². The first kappa shape index (κ1) is 24.0. The summed E-state index contributed by atoms with van der Waals surface area (Å²) >= 11 is 0. The van der Waals surface area contributed by atoms with Crippen molar-refractivity contribution in [3.05, 3.63) is 22.8 Å². The molecule has 0 amide bonds. The van der Waals surface area contributed by atoms with Gasteiger partial charge in [-0.3, -0.25) is 4.79 Å². The first-order valence-electron chi connectivity index (χ1n) is 16.8. The van der Waals surface area contributed by atoms with Crippen LogP contribution in [0.2, 0.25) is 0 Å². The van der Waals surface area contributed by atoms with Crippen molar-refractivity contribution in [2.45, 2.75) is 118 Å². The summed E-state index contributed by atoms with van der Waals surface area (Å²) in [5, 5.41) is 35.3. The number of hydrogen-bond donors (Lipinski definition) is 2. The van der Waals surface area contributed by atoms with Crippen LogP contribution in [-0.2, 0) is 14.3 Å². The second-order valence-corrected chi connectivity index (χ2v) is 13.0. The summed E-state index contributed by atoms with van der Waals surface area (Å²) in [6.45, 7) is 4.14. The zero-order valence-corrected chi connectivity index (χ0v) is 25.8. The molecule has 4 fully saturated rings. The van der Waals surface area contributed by atoms with Gasteiger partial charge in [0.15, 0.2) is 0 Å². The third-order valence-electron chi connectivity index (χ3n) is 11.4. The molecule has 7 heteroatoms. The van der Waals surface area contributed by atoms with Crippen LogP contribution in [0.3, 0.4) is 0 Å². The molecular formula is C31H47NaO6. The predicted molar refractivity (Wildman–Crippen MR) is 140 cm³/mol. The Morgan fingerprint density at radius 3 is 2.42 bits per heavy atom. The average molecular weight is 545 g/mol. The Hall–Kier alpha value is -0.660. The van der Waals surface area contributed by atoms with Gasteiger partial charge in [-0.15, -0.1) is 0 Å². The molecule has 0 radical (unpaired) electrons. The Labute approximate surface area is 259 Å². The molecule has 208 valence electrons.